The number of aliphatic hydroxyl groups is 1. The van der Waals surface area contributed by atoms with Crippen molar-refractivity contribution in [3.8, 4) is 0 Å². The van der Waals surface area contributed by atoms with Crippen LogP contribution in [-0.2, 0) is 0 Å². The van der Waals surface area contributed by atoms with Gasteiger partial charge in [-0.2, -0.15) is 0 Å². The topological polar surface area (TPSA) is 65.7 Å². The Bertz CT molecular complexity index is 596. The fourth-order valence-electron chi connectivity index (χ4n) is 2.63. The molecule has 3 heterocycles. The third-order valence-corrected chi connectivity index (χ3v) is 3.93. The molecule has 2 atom stereocenters. The number of hydrogen-bond acceptors (Lipinski definition) is 5. The van der Waals surface area contributed by atoms with Gasteiger partial charge in [-0.15, -0.1) is 0 Å². The zero-order chi connectivity index (χ0) is 14.1. The molecule has 3 rings (SSSR count). The molecule has 108 valence electrons. The monoisotopic (exact) mass is 275 g/mol. The molecule has 0 spiro atoms. The van der Waals surface area contributed by atoms with E-state index in [1.54, 1.807) is 6.20 Å². The van der Waals surface area contributed by atoms with E-state index in [-0.39, 0.29) is 6.10 Å². The highest BCUT2D eigenvalue weighted by atomic mass is 16.3. The Labute approximate surface area is 118 Å². The van der Waals surface area contributed by atoms with Crippen LogP contribution in [0.15, 0.2) is 18.6 Å². The maximum Gasteiger partial charge on any atom is 0.180 e. The number of fused-ring (bicyclic) bond motifs is 1. The number of nitrogens with zero attached hydrogens (tertiary/aromatic N) is 4. The van der Waals surface area contributed by atoms with Gasteiger partial charge < -0.3 is 19.7 Å². The van der Waals surface area contributed by atoms with Gasteiger partial charge in [0.1, 0.15) is 5.82 Å². The van der Waals surface area contributed by atoms with E-state index >= 15 is 0 Å². The second-order valence-corrected chi connectivity index (χ2v) is 5.42. The van der Waals surface area contributed by atoms with Crippen molar-refractivity contribution >= 4 is 17.3 Å². The first-order valence-electron chi connectivity index (χ1n) is 7.19. The summed E-state index contributed by atoms with van der Waals surface area (Å²) in [7, 11) is 0. The van der Waals surface area contributed by atoms with Gasteiger partial charge in [0.15, 0.2) is 11.5 Å². The first-order valence-corrected chi connectivity index (χ1v) is 7.19. The number of nitrogens with one attached hydrogen (secondary N) is 1. The Morgan fingerprint density at radius 2 is 2.35 bits per heavy atom. The highest BCUT2D eigenvalue weighted by Gasteiger charge is 2.26. The van der Waals surface area contributed by atoms with E-state index in [4.69, 9.17) is 0 Å². The molecule has 0 aromatic carbocycles. The minimum Gasteiger partial charge on any atom is -0.391 e. The summed E-state index contributed by atoms with van der Waals surface area (Å²) in [5, 5.41) is 13.3. The Morgan fingerprint density at radius 1 is 1.50 bits per heavy atom. The van der Waals surface area contributed by atoms with E-state index in [2.05, 4.69) is 27.1 Å². The SMILES string of the molecule is CCNc1cn2ccnc2c(N2CCC(C)C(O)C2)n1. The fourth-order valence-corrected chi connectivity index (χ4v) is 2.63. The molecule has 1 fully saturated rings. The van der Waals surface area contributed by atoms with Gasteiger partial charge in [-0.1, -0.05) is 6.92 Å². The van der Waals surface area contributed by atoms with Gasteiger partial charge in [0.05, 0.1) is 12.3 Å². The highest BCUT2D eigenvalue weighted by Crippen LogP contribution is 2.26. The number of hydrogen-bond donors (Lipinski definition) is 2. The highest BCUT2D eigenvalue weighted by molar-refractivity contribution is 5.67. The summed E-state index contributed by atoms with van der Waals surface area (Å²) >= 11 is 0. The molecule has 2 aromatic heterocycles. The van der Waals surface area contributed by atoms with Gasteiger partial charge in [-0.05, 0) is 19.3 Å². The molecule has 6 nitrogen and oxygen atoms in total. The summed E-state index contributed by atoms with van der Waals surface area (Å²) in [6.07, 6.45) is 6.31. The van der Waals surface area contributed by atoms with Crippen LogP contribution < -0.4 is 10.2 Å². The third-order valence-electron chi connectivity index (χ3n) is 3.93. The van der Waals surface area contributed by atoms with Crippen LogP contribution >= 0.6 is 0 Å². The minimum atomic E-state index is -0.302. The molecule has 2 aromatic rings. The van der Waals surface area contributed by atoms with Crippen LogP contribution in [0.5, 0.6) is 0 Å². The lowest BCUT2D eigenvalue weighted by atomic mass is 9.96. The first-order chi connectivity index (χ1) is 9.69. The van der Waals surface area contributed by atoms with Crippen molar-refractivity contribution in [1.29, 1.82) is 0 Å². The molecule has 6 heteroatoms. The van der Waals surface area contributed by atoms with Crippen molar-refractivity contribution in [3.63, 3.8) is 0 Å². The van der Waals surface area contributed by atoms with Crippen LogP contribution in [-0.4, -0.2) is 45.2 Å². The fraction of sp³-hybridized carbons (Fsp3) is 0.571. The van der Waals surface area contributed by atoms with Crippen LogP contribution in [0.25, 0.3) is 5.65 Å². The number of β-amino-alcohol motifs (C(OH)–C–C–N with tert-alkyl or cyclic N) is 1. The Morgan fingerprint density at radius 3 is 3.10 bits per heavy atom. The quantitative estimate of drug-likeness (QED) is 0.885. The van der Waals surface area contributed by atoms with Crippen molar-refractivity contribution < 1.29 is 5.11 Å². The first kappa shape index (κ1) is 13.2. The summed E-state index contributed by atoms with van der Waals surface area (Å²) in [5.41, 5.74) is 0.841. The molecular weight excluding hydrogens is 254 g/mol. The molecule has 2 N–H and O–H groups in total. The minimum absolute atomic E-state index is 0.302. The predicted octanol–water partition coefficient (Wildman–Crippen LogP) is 1.37. The summed E-state index contributed by atoms with van der Waals surface area (Å²) < 4.78 is 1.98. The summed E-state index contributed by atoms with van der Waals surface area (Å²) in [6, 6.07) is 0. The normalized spacial score (nSPS) is 23.2. The maximum absolute atomic E-state index is 10.1. The molecule has 0 radical (unpaired) electrons. The van der Waals surface area contributed by atoms with Crippen molar-refractivity contribution in [2.45, 2.75) is 26.4 Å². The third kappa shape index (κ3) is 2.31. The second-order valence-electron chi connectivity index (χ2n) is 5.42. The molecular formula is C14H21N5O. The molecule has 1 aliphatic heterocycles. The number of anilines is 2. The van der Waals surface area contributed by atoms with Gasteiger partial charge >= 0.3 is 0 Å². The van der Waals surface area contributed by atoms with E-state index in [0.717, 1.165) is 36.8 Å². The molecule has 2 unspecified atom stereocenters. The molecule has 0 aliphatic carbocycles. The van der Waals surface area contributed by atoms with E-state index in [1.807, 2.05) is 23.7 Å². The van der Waals surface area contributed by atoms with Crippen molar-refractivity contribution in [2.24, 2.45) is 5.92 Å². The summed E-state index contributed by atoms with van der Waals surface area (Å²) in [6.45, 7) is 6.49. The number of imidazole rings is 1. The molecule has 20 heavy (non-hydrogen) atoms. The van der Waals surface area contributed by atoms with E-state index in [9.17, 15) is 5.11 Å². The van der Waals surface area contributed by atoms with Crippen molar-refractivity contribution in [3.05, 3.63) is 18.6 Å². The molecule has 0 saturated carbocycles. The molecule has 1 aliphatic rings. The van der Waals surface area contributed by atoms with Gasteiger partial charge in [0.2, 0.25) is 0 Å². The second kappa shape index (κ2) is 5.28. The van der Waals surface area contributed by atoms with Crippen molar-refractivity contribution in [1.82, 2.24) is 14.4 Å². The molecule has 1 saturated heterocycles. The average Bonchev–Trinajstić information content (AvgIpc) is 2.89. The van der Waals surface area contributed by atoms with E-state index < -0.39 is 0 Å². The van der Waals surface area contributed by atoms with E-state index in [0.29, 0.717) is 12.5 Å². The summed E-state index contributed by atoms with van der Waals surface area (Å²) in [5.74, 6) is 2.03. The number of rotatable bonds is 3. The largest absolute Gasteiger partial charge is 0.391 e. The van der Waals surface area contributed by atoms with Crippen LogP contribution in [0.2, 0.25) is 0 Å². The summed E-state index contributed by atoms with van der Waals surface area (Å²) in [4.78, 5) is 11.2. The zero-order valence-corrected chi connectivity index (χ0v) is 12.0. The van der Waals surface area contributed by atoms with Gasteiger partial charge in [-0.3, -0.25) is 0 Å². The van der Waals surface area contributed by atoms with Gasteiger partial charge in [0.25, 0.3) is 0 Å². The Kier molecular flexibility index (Phi) is 3.48. The Hall–Kier alpha value is -1.82. The van der Waals surface area contributed by atoms with Gasteiger partial charge in [0, 0.05) is 32.0 Å². The predicted molar refractivity (Wildman–Crippen MR) is 79.2 cm³/mol. The lowest BCUT2D eigenvalue weighted by molar-refractivity contribution is 0.102. The standard InChI is InChI=1S/C14H21N5O/c1-3-15-12-9-19-7-5-16-13(19)14(17-12)18-6-4-10(2)11(20)8-18/h5,7,9-11,15,20H,3-4,6,8H2,1-2H3. The smallest absolute Gasteiger partial charge is 0.180 e. The van der Waals surface area contributed by atoms with E-state index in [1.165, 1.54) is 0 Å². The van der Waals surface area contributed by atoms with Crippen LogP contribution in [0, 0.1) is 5.92 Å². The zero-order valence-electron chi connectivity index (χ0n) is 12.0. The van der Waals surface area contributed by atoms with Crippen LogP contribution in [0.3, 0.4) is 0 Å². The van der Waals surface area contributed by atoms with Gasteiger partial charge in [-0.25, -0.2) is 9.97 Å². The number of aromatic nitrogens is 3. The maximum atomic E-state index is 10.1. The average molecular weight is 275 g/mol. The Balaban J connectivity index is 1.98. The van der Waals surface area contributed by atoms with Crippen LogP contribution in [0.4, 0.5) is 11.6 Å². The lowest BCUT2D eigenvalue weighted by Crippen LogP contribution is -2.43. The number of piperidine rings is 1. The lowest BCUT2D eigenvalue weighted by Gasteiger charge is -2.35. The van der Waals surface area contributed by atoms with Crippen LogP contribution in [0.1, 0.15) is 20.3 Å². The molecule has 0 bridgehead atoms. The van der Waals surface area contributed by atoms with Crippen molar-refractivity contribution in [2.75, 3.05) is 29.9 Å². The number of aliphatic hydroxyl groups excluding tert-OH is 1. The molecule has 0 amide bonds.